The van der Waals surface area contributed by atoms with E-state index in [0.29, 0.717) is 6.42 Å². The maximum absolute atomic E-state index is 14.2. The Bertz CT molecular complexity index is 1650. The second-order valence-electron chi connectivity index (χ2n) is 11.0. The minimum atomic E-state index is -4.59. The summed E-state index contributed by atoms with van der Waals surface area (Å²) in [6.07, 6.45) is 4.17. The number of rotatable bonds is 13. The maximum atomic E-state index is 14.2. The number of amides is 2. The Kier molecular flexibility index (Phi) is 11.1. The number of hydrogen-bond donors (Lipinski definition) is 1. The number of sulfonamides is 1. The number of carbonyl (C=O) groups excluding carboxylic acids is 2. The minimum Gasteiger partial charge on any atom is -0.495 e. The molecule has 0 radical (unpaired) electrons. The molecule has 45 heavy (non-hydrogen) atoms. The van der Waals surface area contributed by atoms with Gasteiger partial charge < -0.3 is 15.0 Å². The van der Waals surface area contributed by atoms with Gasteiger partial charge in [-0.2, -0.15) is 0 Å². The molecule has 0 spiro atoms. The molecule has 3 aromatic rings. The predicted molar refractivity (Wildman–Crippen MR) is 172 cm³/mol. The number of ether oxygens (including phenoxy) is 1. The Morgan fingerprint density at radius 3 is 2.42 bits per heavy atom. The highest BCUT2D eigenvalue weighted by Gasteiger charge is 2.35. The van der Waals surface area contributed by atoms with E-state index in [1.807, 2.05) is 30.3 Å². The molecule has 1 saturated carbocycles. The molecule has 0 aliphatic heterocycles. The topological polar surface area (TPSA) is 139 Å². The zero-order valence-electron chi connectivity index (χ0n) is 25.4. The average molecular weight is 657 g/mol. The third-order valence-electron chi connectivity index (χ3n) is 8.01. The second kappa shape index (κ2) is 14.7. The van der Waals surface area contributed by atoms with Crippen LogP contribution in [0.5, 0.6) is 5.75 Å². The summed E-state index contributed by atoms with van der Waals surface area (Å²) in [6, 6.07) is 16.4. The summed E-state index contributed by atoms with van der Waals surface area (Å²) in [5.74, 6) is -0.861. The number of methoxy groups -OCH3 is 1. The number of nitro benzene ring substituents is 1. The summed E-state index contributed by atoms with van der Waals surface area (Å²) in [7, 11) is -3.25. The van der Waals surface area contributed by atoms with Crippen LogP contribution in [-0.2, 0) is 26.0 Å². The van der Waals surface area contributed by atoms with E-state index in [0.717, 1.165) is 41.6 Å². The van der Waals surface area contributed by atoms with Gasteiger partial charge in [-0.3, -0.25) is 24.0 Å². The van der Waals surface area contributed by atoms with Crippen molar-refractivity contribution in [2.45, 2.75) is 62.9 Å². The second-order valence-corrected chi connectivity index (χ2v) is 13.3. The fourth-order valence-corrected chi connectivity index (χ4v) is 7.01. The predicted octanol–water partition coefficient (Wildman–Crippen LogP) is 5.28. The van der Waals surface area contributed by atoms with Crippen LogP contribution in [0.4, 0.5) is 11.4 Å². The number of nitrogens with zero attached hydrogens (tertiary/aromatic N) is 3. The Balaban J connectivity index is 1.75. The van der Waals surface area contributed by atoms with Crippen molar-refractivity contribution in [1.82, 2.24) is 10.2 Å². The van der Waals surface area contributed by atoms with Crippen LogP contribution in [-0.4, -0.2) is 62.3 Å². The largest absolute Gasteiger partial charge is 0.495 e. The first kappa shape index (κ1) is 33.7. The highest BCUT2D eigenvalue weighted by atomic mass is 35.5. The van der Waals surface area contributed by atoms with Gasteiger partial charge in [0.1, 0.15) is 18.3 Å². The standard InChI is InChI=1S/C32H37ClN4O7S/c1-22-13-15-27(20-28(22)37(40)41)45(42,43)36(29-19-25(33)14-16-30(29)44-3)21-31(38)35(18-17-24-9-5-4-6-10-24)23(2)32(39)34-26-11-7-8-12-26/h4-6,9-10,13-16,19-20,23,26H,7-8,11-12,17-18,21H2,1-3H3,(H,34,39). The van der Waals surface area contributed by atoms with Crippen molar-refractivity contribution in [2.75, 3.05) is 24.5 Å². The van der Waals surface area contributed by atoms with Gasteiger partial charge in [0, 0.05) is 29.2 Å². The molecule has 1 aliphatic carbocycles. The molecular weight excluding hydrogens is 620 g/mol. The normalized spacial score (nSPS) is 14.0. The van der Waals surface area contributed by atoms with Crippen molar-refractivity contribution in [3.05, 3.63) is 93.0 Å². The zero-order valence-corrected chi connectivity index (χ0v) is 27.0. The summed E-state index contributed by atoms with van der Waals surface area (Å²) in [5.41, 5.74) is 0.789. The van der Waals surface area contributed by atoms with Gasteiger partial charge in [0.25, 0.3) is 15.7 Å². The molecule has 13 heteroatoms. The van der Waals surface area contributed by atoms with Crippen LogP contribution < -0.4 is 14.4 Å². The first-order chi connectivity index (χ1) is 21.4. The molecule has 1 N–H and O–H groups in total. The SMILES string of the molecule is COc1ccc(Cl)cc1N(CC(=O)N(CCc1ccccc1)C(C)C(=O)NC1CCCC1)S(=O)(=O)c1ccc(C)c([N+](=O)[O-])c1. The molecule has 0 bridgehead atoms. The zero-order chi connectivity index (χ0) is 32.7. The van der Waals surface area contributed by atoms with Gasteiger partial charge in [-0.05, 0) is 62.9 Å². The molecule has 1 aliphatic rings. The lowest BCUT2D eigenvalue weighted by atomic mass is 10.1. The smallest absolute Gasteiger partial charge is 0.273 e. The third kappa shape index (κ3) is 8.12. The first-order valence-electron chi connectivity index (χ1n) is 14.7. The number of hydrogen-bond acceptors (Lipinski definition) is 7. The van der Waals surface area contributed by atoms with Gasteiger partial charge in [-0.15, -0.1) is 0 Å². The van der Waals surface area contributed by atoms with E-state index in [9.17, 15) is 28.1 Å². The van der Waals surface area contributed by atoms with Crippen molar-refractivity contribution >= 4 is 44.8 Å². The Morgan fingerprint density at radius 2 is 1.78 bits per heavy atom. The molecule has 240 valence electrons. The van der Waals surface area contributed by atoms with Crippen LogP contribution in [0.2, 0.25) is 5.02 Å². The van der Waals surface area contributed by atoms with Crippen molar-refractivity contribution in [2.24, 2.45) is 0 Å². The van der Waals surface area contributed by atoms with E-state index < -0.39 is 38.3 Å². The summed E-state index contributed by atoms with van der Waals surface area (Å²) in [4.78, 5) is 39.5. The first-order valence-corrected chi connectivity index (χ1v) is 16.5. The van der Waals surface area contributed by atoms with E-state index >= 15 is 0 Å². The number of carbonyl (C=O) groups is 2. The number of halogens is 1. The number of aryl methyl sites for hydroxylation is 1. The molecule has 4 rings (SSSR count). The fourth-order valence-electron chi connectivity index (χ4n) is 5.41. The maximum Gasteiger partial charge on any atom is 0.273 e. The number of anilines is 1. The molecule has 1 unspecified atom stereocenters. The molecule has 0 aromatic heterocycles. The van der Waals surface area contributed by atoms with Gasteiger partial charge in [0.2, 0.25) is 11.8 Å². The van der Waals surface area contributed by atoms with E-state index in [1.165, 1.54) is 49.3 Å². The average Bonchev–Trinajstić information content (AvgIpc) is 3.53. The van der Waals surface area contributed by atoms with Crippen LogP contribution in [0.3, 0.4) is 0 Å². The van der Waals surface area contributed by atoms with E-state index in [4.69, 9.17) is 16.3 Å². The summed E-state index contributed by atoms with van der Waals surface area (Å²) in [6.45, 7) is 2.53. The van der Waals surface area contributed by atoms with Gasteiger partial charge in [-0.25, -0.2) is 8.42 Å². The van der Waals surface area contributed by atoms with E-state index in [1.54, 1.807) is 6.92 Å². The van der Waals surface area contributed by atoms with E-state index in [-0.39, 0.29) is 46.2 Å². The number of nitrogens with one attached hydrogen (secondary N) is 1. The molecular formula is C32H37ClN4O7S. The Morgan fingerprint density at radius 1 is 1.09 bits per heavy atom. The quantitative estimate of drug-likeness (QED) is 0.195. The van der Waals surface area contributed by atoms with Crippen molar-refractivity contribution < 1.29 is 27.7 Å². The van der Waals surface area contributed by atoms with Gasteiger partial charge >= 0.3 is 0 Å². The van der Waals surface area contributed by atoms with Crippen molar-refractivity contribution in [3.8, 4) is 5.75 Å². The summed E-state index contributed by atoms with van der Waals surface area (Å²) >= 11 is 6.28. The van der Waals surface area contributed by atoms with Gasteiger partial charge in [0.15, 0.2) is 0 Å². The highest BCUT2D eigenvalue weighted by molar-refractivity contribution is 7.92. The monoisotopic (exact) mass is 656 g/mol. The molecule has 11 nitrogen and oxygen atoms in total. The summed E-state index contributed by atoms with van der Waals surface area (Å²) in [5, 5.41) is 14.9. The number of benzene rings is 3. The lowest BCUT2D eigenvalue weighted by molar-refractivity contribution is -0.385. The molecule has 3 aromatic carbocycles. The lowest BCUT2D eigenvalue weighted by Gasteiger charge is -2.33. The molecule has 2 amide bonds. The molecule has 0 heterocycles. The van der Waals surface area contributed by atoms with Crippen LogP contribution in [0, 0.1) is 17.0 Å². The molecule has 0 saturated heterocycles. The minimum absolute atomic E-state index is 0.0240. The molecule has 1 fully saturated rings. The Hall–Kier alpha value is -4.16. The van der Waals surface area contributed by atoms with Crippen LogP contribution in [0.15, 0.2) is 71.6 Å². The van der Waals surface area contributed by atoms with Gasteiger partial charge in [0.05, 0.1) is 22.6 Å². The van der Waals surface area contributed by atoms with Crippen LogP contribution >= 0.6 is 11.6 Å². The van der Waals surface area contributed by atoms with Gasteiger partial charge in [-0.1, -0.05) is 60.8 Å². The third-order valence-corrected chi connectivity index (χ3v) is 10.00. The van der Waals surface area contributed by atoms with E-state index in [2.05, 4.69) is 5.32 Å². The molecule has 1 atom stereocenters. The van der Waals surface area contributed by atoms with Crippen LogP contribution in [0.25, 0.3) is 0 Å². The highest BCUT2D eigenvalue weighted by Crippen LogP contribution is 2.36. The fraction of sp³-hybridized carbons (Fsp3) is 0.375. The number of nitro groups is 1. The van der Waals surface area contributed by atoms with Crippen LogP contribution in [0.1, 0.15) is 43.7 Å². The van der Waals surface area contributed by atoms with Crippen molar-refractivity contribution in [3.63, 3.8) is 0 Å². The lowest BCUT2D eigenvalue weighted by Crippen LogP contribution is -2.53. The summed E-state index contributed by atoms with van der Waals surface area (Å²) < 4.78 is 34.7. The van der Waals surface area contributed by atoms with Crippen molar-refractivity contribution in [1.29, 1.82) is 0 Å². The Labute approximate surface area is 268 Å².